The van der Waals surface area contributed by atoms with Crippen molar-refractivity contribution in [1.82, 2.24) is 15.6 Å². The van der Waals surface area contributed by atoms with Crippen LogP contribution in [-0.4, -0.2) is 35.3 Å². The molecular weight excluding hydrogens is 298 g/mol. The van der Waals surface area contributed by atoms with Crippen molar-refractivity contribution < 1.29 is 9.90 Å². The van der Waals surface area contributed by atoms with Crippen molar-refractivity contribution in [1.29, 1.82) is 0 Å². The molecule has 0 bridgehead atoms. The third kappa shape index (κ3) is 5.57. The fourth-order valence-electron chi connectivity index (χ4n) is 2.57. The van der Waals surface area contributed by atoms with Crippen molar-refractivity contribution in [2.24, 2.45) is 0 Å². The quantitative estimate of drug-likeness (QED) is 0.643. The van der Waals surface area contributed by atoms with Gasteiger partial charge in [-0.1, -0.05) is 6.92 Å². The largest absolute Gasteiger partial charge is 0.393 e. The van der Waals surface area contributed by atoms with E-state index in [0.717, 1.165) is 25.7 Å². The molecule has 1 atom stereocenters. The van der Waals surface area contributed by atoms with Crippen molar-refractivity contribution in [3.8, 4) is 0 Å². The van der Waals surface area contributed by atoms with Crippen LogP contribution in [0.15, 0.2) is 0 Å². The molecule has 0 aromatic carbocycles. The number of carbonyl (C=O) groups is 1. The minimum Gasteiger partial charge on any atom is -0.393 e. The second-order valence-corrected chi connectivity index (χ2v) is 6.99. The van der Waals surface area contributed by atoms with Gasteiger partial charge in [-0.25, -0.2) is 9.78 Å². The van der Waals surface area contributed by atoms with Crippen molar-refractivity contribution in [3.63, 3.8) is 0 Å². The van der Waals surface area contributed by atoms with E-state index < -0.39 is 0 Å². The molecule has 0 saturated carbocycles. The summed E-state index contributed by atoms with van der Waals surface area (Å²) >= 11 is 1.85. The van der Waals surface area contributed by atoms with Crippen LogP contribution in [0.2, 0.25) is 0 Å². The normalized spacial score (nSPS) is 15.2. The van der Waals surface area contributed by atoms with E-state index in [1.165, 1.54) is 34.8 Å². The van der Waals surface area contributed by atoms with Crippen LogP contribution in [0.3, 0.4) is 0 Å². The number of thiazole rings is 1. The van der Waals surface area contributed by atoms with Gasteiger partial charge in [0.25, 0.3) is 0 Å². The molecule has 0 aliphatic heterocycles. The van der Waals surface area contributed by atoms with Gasteiger partial charge in [0, 0.05) is 24.4 Å². The number of carbonyl (C=O) groups excluding carboxylic acids is 1. The number of fused-ring (bicyclic) bond motifs is 1. The number of amides is 2. The number of nitrogens with one attached hydrogen (secondary N) is 2. The lowest BCUT2D eigenvalue weighted by Crippen LogP contribution is -2.37. The molecule has 1 aromatic rings. The van der Waals surface area contributed by atoms with E-state index in [0.29, 0.717) is 19.5 Å². The number of hydrogen-bond acceptors (Lipinski definition) is 4. The Hall–Kier alpha value is -1.14. The Morgan fingerprint density at radius 1 is 1.32 bits per heavy atom. The lowest BCUT2D eigenvalue weighted by Gasteiger charge is -2.09. The molecule has 0 fully saturated rings. The summed E-state index contributed by atoms with van der Waals surface area (Å²) in [7, 11) is 0. The summed E-state index contributed by atoms with van der Waals surface area (Å²) in [5, 5.41) is 16.2. The molecule has 0 saturated heterocycles. The molecule has 1 aliphatic carbocycles. The summed E-state index contributed by atoms with van der Waals surface area (Å²) in [6, 6.07) is -0.151. The van der Waals surface area contributed by atoms with E-state index in [1.54, 1.807) is 0 Å². The molecule has 6 heteroatoms. The SMILES string of the molecule is CCC(O)CCNC(=O)NCCCc1nc2c(s1)CCCC2. The highest BCUT2D eigenvalue weighted by atomic mass is 32.1. The molecule has 1 aromatic heterocycles. The van der Waals surface area contributed by atoms with Gasteiger partial charge in [0.1, 0.15) is 0 Å². The molecule has 1 unspecified atom stereocenters. The van der Waals surface area contributed by atoms with Crippen LogP contribution >= 0.6 is 11.3 Å². The first-order valence-electron chi connectivity index (χ1n) is 8.36. The first-order chi connectivity index (χ1) is 10.7. The number of aromatic nitrogens is 1. The Bertz CT molecular complexity index is 452. The molecule has 124 valence electrons. The second-order valence-electron chi connectivity index (χ2n) is 5.82. The van der Waals surface area contributed by atoms with Gasteiger partial charge in [-0.15, -0.1) is 11.3 Å². The Morgan fingerprint density at radius 2 is 2.09 bits per heavy atom. The van der Waals surface area contributed by atoms with Crippen LogP contribution in [0, 0.1) is 0 Å². The number of aryl methyl sites for hydroxylation is 3. The van der Waals surface area contributed by atoms with Gasteiger partial charge in [0.05, 0.1) is 16.8 Å². The van der Waals surface area contributed by atoms with Crippen LogP contribution in [-0.2, 0) is 19.3 Å². The fourth-order valence-corrected chi connectivity index (χ4v) is 3.77. The lowest BCUT2D eigenvalue weighted by atomic mass is 10.0. The number of rotatable bonds is 8. The molecule has 2 rings (SSSR count). The highest BCUT2D eigenvalue weighted by Gasteiger charge is 2.14. The zero-order valence-electron chi connectivity index (χ0n) is 13.4. The van der Waals surface area contributed by atoms with Gasteiger partial charge in [0.15, 0.2) is 0 Å². The summed E-state index contributed by atoms with van der Waals surface area (Å²) in [6.45, 7) is 3.10. The molecule has 1 aliphatic rings. The maximum absolute atomic E-state index is 11.6. The monoisotopic (exact) mass is 325 g/mol. The van der Waals surface area contributed by atoms with E-state index in [-0.39, 0.29) is 12.1 Å². The van der Waals surface area contributed by atoms with Gasteiger partial charge in [-0.05, 0) is 44.9 Å². The Labute approximate surface area is 136 Å². The Morgan fingerprint density at radius 3 is 2.86 bits per heavy atom. The van der Waals surface area contributed by atoms with Gasteiger partial charge in [-0.3, -0.25) is 0 Å². The predicted octanol–water partition coefficient (Wildman–Crippen LogP) is 2.41. The molecular formula is C16H27N3O2S. The minimum absolute atomic E-state index is 0.151. The zero-order chi connectivity index (χ0) is 15.8. The van der Waals surface area contributed by atoms with Gasteiger partial charge in [0.2, 0.25) is 0 Å². The minimum atomic E-state index is -0.323. The highest BCUT2D eigenvalue weighted by molar-refractivity contribution is 7.11. The van der Waals surface area contributed by atoms with Crippen molar-refractivity contribution in [3.05, 3.63) is 15.6 Å². The summed E-state index contributed by atoms with van der Waals surface area (Å²) in [6.07, 6.45) is 7.75. The number of hydrogen-bond donors (Lipinski definition) is 3. The predicted molar refractivity (Wildman–Crippen MR) is 89.4 cm³/mol. The fraction of sp³-hybridized carbons (Fsp3) is 0.750. The van der Waals surface area contributed by atoms with Crippen molar-refractivity contribution in [2.75, 3.05) is 13.1 Å². The van der Waals surface area contributed by atoms with Crippen LogP contribution in [0.4, 0.5) is 4.79 Å². The van der Waals surface area contributed by atoms with Gasteiger partial charge in [-0.2, -0.15) is 0 Å². The van der Waals surface area contributed by atoms with Crippen LogP contribution in [0.25, 0.3) is 0 Å². The number of aliphatic hydroxyl groups excluding tert-OH is 1. The summed E-state index contributed by atoms with van der Waals surface area (Å²) in [5.74, 6) is 0. The van der Waals surface area contributed by atoms with Gasteiger partial charge < -0.3 is 15.7 Å². The Balaban J connectivity index is 1.57. The van der Waals surface area contributed by atoms with E-state index in [9.17, 15) is 9.90 Å². The van der Waals surface area contributed by atoms with E-state index >= 15 is 0 Å². The second kappa shape index (κ2) is 9.10. The maximum Gasteiger partial charge on any atom is 0.314 e. The number of urea groups is 1. The Kier molecular flexibility index (Phi) is 7.12. The molecule has 0 radical (unpaired) electrons. The average molecular weight is 325 g/mol. The number of aliphatic hydroxyl groups is 1. The molecule has 22 heavy (non-hydrogen) atoms. The maximum atomic E-state index is 11.6. The average Bonchev–Trinajstić information content (AvgIpc) is 2.94. The zero-order valence-corrected chi connectivity index (χ0v) is 14.2. The van der Waals surface area contributed by atoms with Crippen molar-refractivity contribution >= 4 is 17.4 Å². The standard InChI is InChI=1S/C16H27N3O2S/c1-2-12(20)9-11-18-16(21)17-10-5-8-15-19-13-6-3-4-7-14(13)22-15/h12,20H,2-11H2,1H3,(H2,17,18,21). The lowest BCUT2D eigenvalue weighted by molar-refractivity contribution is 0.160. The first kappa shape index (κ1) is 17.2. The summed E-state index contributed by atoms with van der Waals surface area (Å²) in [5.41, 5.74) is 1.31. The molecule has 0 spiro atoms. The van der Waals surface area contributed by atoms with Crippen LogP contribution in [0.5, 0.6) is 0 Å². The van der Waals surface area contributed by atoms with Gasteiger partial charge >= 0.3 is 6.03 Å². The third-order valence-corrected chi connectivity index (χ3v) is 5.19. The molecule has 1 heterocycles. The third-order valence-electron chi connectivity index (χ3n) is 3.98. The number of nitrogens with zero attached hydrogens (tertiary/aromatic N) is 1. The molecule has 3 N–H and O–H groups in total. The summed E-state index contributed by atoms with van der Waals surface area (Å²) in [4.78, 5) is 17.7. The van der Waals surface area contributed by atoms with Crippen LogP contribution in [0.1, 0.15) is 54.6 Å². The van der Waals surface area contributed by atoms with E-state index in [4.69, 9.17) is 4.98 Å². The molecule has 2 amide bonds. The summed E-state index contributed by atoms with van der Waals surface area (Å²) < 4.78 is 0. The van der Waals surface area contributed by atoms with Crippen LogP contribution < -0.4 is 10.6 Å². The smallest absolute Gasteiger partial charge is 0.314 e. The molecule has 5 nitrogen and oxygen atoms in total. The van der Waals surface area contributed by atoms with Crippen molar-refractivity contribution in [2.45, 2.75) is 64.4 Å². The highest BCUT2D eigenvalue weighted by Crippen LogP contribution is 2.27. The van der Waals surface area contributed by atoms with E-state index in [1.807, 2.05) is 18.3 Å². The first-order valence-corrected chi connectivity index (χ1v) is 9.18. The topological polar surface area (TPSA) is 74.2 Å². The van der Waals surface area contributed by atoms with E-state index in [2.05, 4.69) is 10.6 Å².